The molecule has 0 spiro atoms. The number of non-ortho nitro benzene ring substituents is 1. The highest BCUT2D eigenvalue weighted by molar-refractivity contribution is 6.10. The first kappa shape index (κ1) is 19.5. The molecule has 0 fully saturated rings. The SMILES string of the molecule is CCOC(=O)[C@H]1C(=O)C=C(c2cccc(C)c2)C[C@@H]1c1ccc([N+](=O)[O-])cc1. The molecule has 0 aliphatic heterocycles. The van der Waals surface area contributed by atoms with Crippen LogP contribution in [-0.2, 0) is 14.3 Å². The number of nitrogens with zero attached hydrogens (tertiary/aromatic N) is 1. The summed E-state index contributed by atoms with van der Waals surface area (Å²) in [4.78, 5) is 35.8. The van der Waals surface area contributed by atoms with Crippen molar-refractivity contribution in [2.24, 2.45) is 5.92 Å². The lowest BCUT2D eigenvalue weighted by Gasteiger charge is -2.29. The van der Waals surface area contributed by atoms with Gasteiger partial charge < -0.3 is 4.74 Å². The van der Waals surface area contributed by atoms with Crippen LogP contribution in [0.3, 0.4) is 0 Å². The monoisotopic (exact) mass is 379 g/mol. The highest BCUT2D eigenvalue weighted by Crippen LogP contribution is 2.40. The van der Waals surface area contributed by atoms with Gasteiger partial charge in [0.05, 0.1) is 11.5 Å². The molecular weight excluding hydrogens is 358 g/mol. The minimum atomic E-state index is -0.949. The molecule has 0 bridgehead atoms. The lowest BCUT2D eigenvalue weighted by Crippen LogP contribution is -2.34. The maximum absolute atomic E-state index is 12.9. The highest BCUT2D eigenvalue weighted by atomic mass is 16.6. The number of carbonyl (C=O) groups is 2. The average Bonchev–Trinajstić information content (AvgIpc) is 2.67. The molecule has 28 heavy (non-hydrogen) atoms. The zero-order valence-corrected chi connectivity index (χ0v) is 15.8. The van der Waals surface area contributed by atoms with E-state index in [1.54, 1.807) is 19.1 Å². The molecule has 0 saturated heterocycles. The number of benzene rings is 2. The summed E-state index contributed by atoms with van der Waals surface area (Å²) in [5, 5.41) is 10.9. The molecule has 0 radical (unpaired) electrons. The molecule has 0 heterocycles. The molecule has 144 valence electrons. The maximum Gasteiger partial charge on any atom is 0.317 e. The van der Waals surface area contributed by atoms with Crippen molar-refractivity contribution in [1.29, 1.82) is 0 Å². The number of nitro benzene ring substituents is 1. The van der Waals surface area contributed by atoms with Gasteiger partial charge in [0.2, 0.25) is 0 Å². The molecule has 2 aromatic carbocycles. The third-order valence-electron chi connectivity index (χ3n) is 4.93. The normalized spacial score (nSPS) is 19.1. The number of allylic oxidation sites excluding steroid dienone is 2. The van der Waals surface area contributed by atoms with Crippen LogP contribution in [0.1, 0.15) is 36.0 Å². The molecule has 0 N–H and O–H groups in total. The molecular formula is C22H21NO5. The smallest absolute Gasteiger partial charge is 0.317 e. The maximum atomic E-state index is 12.9. The zero-order chi connectivity index (χ0) is 20.3. The number of aryl methyl sites for hydroxylation is 1. The summed E-state index contributed by atoms with van der Waals surface area (Å²) < 4.78 is 5.13. The van der Waals surface area contributed by atoms with E-state index in [4.69, 9.17) is 4.74 Å². The van der Waals surface area contributed by atoms with Gasteiger partial charge in [-0.3, -0.25) is 19.7 Å². The lowest BCUT2D eigenvalue weighted by atomic mass is 9.73. The van der Waals surface area contributed by atoms with Gasteiger partial charge in [-0.05, 0) is 43.0 Å². The van der Waals surface area contributed by atoms with E-state index in [0.717, 1.165) is 16.7 Å². The van der Waals surface area contributed by atoms with Crippen molar-refractivity contribution in [3.8, 4) is 0 Å². The van der Waals surface area contributed by atoms with Crippen molar-refractivity contribution >= 4 is 23.0 Å². The molecule has 0 aromatic heterocycles. The van der Waals surface area contributed by atoms with Crippen LogP contribution < -0.4 is 0 Å². The van der Waals surface area contributed by atoms with Gasteiger partial charge in [-0.2, -0.15) is 0 Å². The van der Waals surface area contributed by atoms with Gasteiger partial charge in [0.1, 0.15) is 5.92 Å². The Morgan fingerprint density at radius 3 is 2.54 bits per heavy atom. The van der Waals surface area contributed by atoms with E-state index in [2.05, 4.69) is 0 Å². The molecule has 6 nitrogen and oxygen atoms in total. The Balaban J connectivity index is 2.02. The minimum absolute atomic E-state index is 0.0342. The largest absolute Gasteiger partial charge is 0.465 e. The first-order valence-corrected chi connectivity index (χ1v) is 9.13. The highest BCUT2D eigenvalue weighted by Gasteiger charge is 2.39. The number of ketones is 1. The third kappa shape index (κ3) is 4.01. The first-order valence-electron chi connectivity index (χ1n) is 9.13. The number of hydrogen-bond donors (Lipinski definition) is 0. The number of rotatable bonds is 5. The van der Waals surface area contributed by atoms with Gasteiger partial charge in [0, 0.05) is 18.1 Å². The van der Waals surface area contributed by atoms with Gasteiger partial charge >= 0.3 is 5.97 Å². The molecule has 6 heteroatoms. The molecule has 1 aliphatic rings. The molecule has 3 rings (SSSR count). The summed E-state index contributed by atoms with van der Waals surface area (Å²) in [6, 6.07) is 13.8. The quantitative estimate of drug-likeness (QED) is 0.336. The molecule has 2 aromatic rings. The predicted molar refractivity (Wildman–Crippen MR) is 105 cm³/mol. The minimum Gasteiger partial charge on any atom is -0.465 e. The van der Waals surface area contributed by atoms with Gasteiger partial charge in [-0.1, -0.05) is 42.0 Å². The van der Waals surface area contributed by atoms with Crippen molar-refractivity contribution in [2.75, 3.05) is 6.61 Å². The van der Waals surface area contributed by atoms with E-state index in [1.165, 1.54) is 18.2 Å². The predicted octanol–water partition coefficient (Wildman–Crippen LogP) is 4.22. The second-order valence-corrected chi connectivity index (χ2v) is 6.83. The van der Waals surface area contributed by atoms with Crippen LogP contribution >= 0.6 is 0 Å². The molecule has 2 atom stereocenters. The van der Waals surface area contributed by atoms with E-state index in [0.29, 0.717) is 12.0 Å². The Hall–Kier alpha value is -3.28. The topological polar surface area (TPSA) is 86.5 Å². The van der Waals surface area contributed by atoms with Crippen LogP contribution in [0, 0.1) is 23.0 Å². The standard InChI is InChI=1S/C22H21NO5/c1-3-28-22(25)21-19(15-7-9-18(10-8-15)23(26)27)12-17(13-20(21)24)16-6-4-5-14(2)11-16/h4-11,13,19,21H,3,12H2,1-2H3/t19-,21-/m1/s1. The van der Waals surface area contributed by atoms with Gasteiger partial charge in [0.25, 0.3) is 5.69 Å². The molecule has 1 aliphatic carbocycles. The Morgan fingerprint density at radius 1 is 1.21 bits per heavy atom. The number of hydrogen-bond acceptors (Lipinski definition) is 5. The van der Waals surface area contributed by atoms with E-state index in [1.807, 2.05) is 31.2 Å². The van der Waals surface area contributed by atoms with Crippen molar-refractivity contribution in [2.45, 2.75) is 26.2 Å². The van der Waals surface area contributed by atoms with Gasteiger partial charge in [-0.15, -0.1) is 0 Å². The molecule has 0 amide bonds. The second kappa shape index (κ2) is 8.17. The van der Waals surface area contributed by atoms with E-state index in [-0.39, 0.29) is 18.1 Å². The van der Waals surface area contributed by atoms with E-state index >= 15 is 0 Å². The first-order chi connectivity index (χ1) is 13.4. The van der Waals surface area contributed by atoms with Crippen LogP contribution in [0.2, 0.25) is 0 Å². The molecule has 0 saturated carbocycles. The van der Waals surface area contributed by atoms with E-state index < -0.39 is 22.7 Å². The number of nitro groups is 1. The average molecular weight is 379 g/mol. The van der Waals surface area contributed by atoms with Crippen LogP contribution in [-0.4, -0.2) is 23.3 Å². The summed E-state index contributed by atoms with van der Waals surface area (Å²) in [5.41, 5.74) is 3.52. The van der Waals surface area contributed by atoms with E-state index in [9.17, 15) is 19.7 Å². The van der Waals surface area contributed by atoms with Crippen LogP contribution in [0.4, 0.5) is 5.69 Å². The second-order valence-electron chi connectivity index (χ2n) is 6.83. The fraction of sp³-hybridized carbons (Fsp3) is 0.273. The van der Waals surface area contributed by atoms with Crippen molar-refractivity contribution in [1.82, 2.24) is 0 Å². The Morgan fingerprint density at radius 2 is 1.93 bits per heavy atom. The third-order valence-corrected chi connectivity index (χ3v) is 4.93. The van der Waals surface area contributed by atoms with Crippen LogP contribution in [0.25, 0.3) is 5.57 Å². The Bertz CT molecular complexity index is 946. The van der Waals surface area contributed by atoms with Gasteiger partial charge in [-0.25, -0.2) is 0 Å². The van der Waals surface area contributed by atoms with Crippen molar-refractivity contribution in [3.63, 3.8) is 0 Å². The fourth-order valence-corrected chi connectivity index (χ4v) is 3.59. The summed E-state index contributed by atoms with van der Waals surface area (Å²) in [7, 11) is 0. The van der Waals surface area contributed by atoms with Crippen LogP contribution in [0.5, 0.6) is 0 Å². The van der Waals surface area contributed by atoms with Crippen molar-refractivity contribution in [3.05, 3.63) is 81.4 Å². The summed E-state index contributed by atoms with van der Waals surface area (Å²) >= 11 is 0. The Kier molecular flexibility index (Phi) is 5.68. The summed E-state index contributed by atoms with van der Waals surface area (Å²) in [6.45, 7) is 3.86. The number of carbonyl (C=O) groups excluding carboxylic acids is 2. The summed E-state index contributed by atoms with van der Waals surface area (Å²) in [5.74, 6) is -2.25. The number of ether oxygens (including phenoxy) is 1. The molecule has 0 unspecified atom stereocenters. The number of esters is 1. The Labute approximate surface area is 163 Å². The van der Waals surface area contributed by atoms with Gasteiger partial charge in [0.15, 0.2) is 5.78 Å². The lowest BCUT2D eigenvalue weighted by molar-refractivity contribution is -0.384. The summed E-state index contributed by atoms with van der Waals surface area (Å²) in [6.07, 6.45) is 1.99. The van der Waals surface area contributed by atoms with Crippen molar-refractivity contribution < 1.29 is 19.2 Å². The zero-order valence-electron chi connectivity index (χ0n) is 15.8. The fourth-order valence-electron chi connectivity index (χ4n) is 3.59. The van der Waals surface area contributed by atoms with Crippen LogP contribution in [0.15, 0.2) is 54.6 Å².